The Bertz CT molecular complexity index is 649. The predicted octanol–water partition coefficient (Wildman–Crippen LogP) is 1.67. The van der Waals surface area contributed by atoms with Gasteiger partial charge in [0.15, 0.2) is 11.4 Å². The van der Waals surface area contributed by atoms with E-state index in [1.807, 2.05) is 6.92 Å². The average Bonchev–Trinajstić information content (AvgIpc) is 2.67. The summed E-state index contributed by atoms with van der Waals surface area (Å²) in [5.41, 5.74) is -0.951. The maximum absolute atomic E-state index is 12.7. The number of aliphatic hydroxyl groups is 3. The molecule has 1 aliphatic rings. The molecule has 158 valence electrons. The fraction of sp³-hybridized carbons (Fsp3) is 0.619. The van der Waals surface area contributed by atoms with Gasteiger partial charge in [0.1, 0.15) is 12.0 Å². The molecule has 0 bridgehead atoms. The van der Waals surface area contributed by atoms with Crippen molar-refractivity contribution in [1.82, 2.24) is 0 Å². The summed E-state index contributed by atoms with van der Waals surface area (Å²) in [5, 5.41) is 30.1. The van der Waals surface area contributed by atoms with Crippen molar-refractivity contribution in [2.24, 2.45) is 11.8 Å². The minimum absolute atomic E-state index is 0.0420. The summed E-state index contributed by atoms with van der Waals surface area (Å²) >= 11 is 0. The Hall–Kier alpha value is -1.96. The van der Waals surface area contributed by atoms with Crippen LogP contribution in [0.1, 0.15) is 40.0 Å². The van der Waals surface area contributed by atoms with E-state index in [1.54, 1.807) is 19.1 Å². The molecule has 0 fully saturated rings. The molecule has 4 unspecified atom stereocenters. The Balaban J connectivity index is 3.42. The molecule has 0 saturated heterocycles. The van der Waals surface area contributed by atoms with E-state index in [0.29, 0.717) is 24.2 Å². The number of hydrogen-bond donors (Lipinski definition) is 3. The summed E-state index contributed by atoms with van der Waals surface area (Å²) in [4.78, 5) is 25.2. The molecule has 1 heterocycles. The Kier molecular flexibility index (Phi) is 9.07. The Morgan fingerprint density at radius 1 is 1.32 bits per heavy atom. The van der Waals surface area contributed by atoms with Gasteiger partial charge in [0.2, 0.25) is 0 Å². The van der Waals surface area contributed by atoms with Crippen molar-refractivity contribution < 1.29 is 34.4 Å². The van der Waals surface area contributed by atoms with E-state index in [0.717, 1.165) is 5.57 Å². The van der Waals surface area contributed by atoms with Gasteiger partial charge in [-0.2, -0.15) is 0 Å². The van der Waals surface area contributed by atoms with Crippen LogP contribution in [0.15, 0.2) is 35.6 Å². The highest BCUT2D eigenvalue weighted by atomic mass is 16.5. The van der Waals surface area contributed by atoms with Crippen molar-refractivity contribution >= 4 is 11.8 Å². The summed E-state index contributed by atoms with van der Waals surface area (Å²) in [6, 6.07) is 0. The second-order valence-corrected chi connectivity index (χ2v) is 7.34. The fourth-order valence-corrected chi connectivity index (χ4v) is 3.23. The highest BCUT2D eigenvalue weighted by Crippen LogP contribution is 2.27. The lowest BCUT2D eigenvalue weighted by Gasteiger charge is -2.29. The number of carbonyl (C=O) groups excluding carboxylic acids is 2. The van der Waals surface area contributed by atoms with Gasteiger partial charge in [-0.1, -0.05) is 32.1 Å². The van der Waals surface area contributed by atoms with Crippen molar-refractivity contribution in [1.29, 1.82) is 0 Å². The highest BCUT2D eigenvalue weighted by Gasteiger charge is 2.43. The van der Waals surface area contributed by atoms with E-state index in [-0.39, 0.29) is 18.9 Å². The number of ether oxygens (including phenoxy) is 2. The van der Waals surface area contributed by atoms with Crippen LogP contribution < -0.4 is 0 Å². The molecule has 0 aliphatic carbocycles. The van der Waals surface area contributed by atoms with E-state index in [2.05, 4.69) is 6.58 Å². The van der Waals surface area contributed by atoms with Crippen LogP contribution in [0.5, 0.6) is 0 Å². The Morgan fingerprint density at radius 2 is 1.96 bits per heavy atom. The largest absolute Gasteiger partial charge is 0.501 e. The van der Waals surface area contributed by atoms with Crippen molar-refractivity contribution in [3.63, 3.8) is 0 Å². The van der Waals surface area contributed by atoms with Crippen LogP contribution in [-0.2, 0) is 19.1 Å². The number of rotatable bonds is 4. The van der Waals surface area contributed by atoms with Crippen LogP contribution in [0.3, 0.4) is 0 Å². The number of esters is 1. The molecule has 0 saturated carbocycles. The van der Waals surface area contributed by atoms with Crippen molar-refractivity contribution in [3.05, 3.63) is 35.6 Å². The molecular weight excluding hydrogens is 364 g/mol. The third kappa shape index (κ3) is 6.02. The molecule has 0 aromatic carbocycles. The van der Waals surface area contributed by atoms with E-state index >= 15 is 0 Å². The second-order valence-electron chi connectivity index (χ2n) is 7.34. The Morgan fingerprint density at radius 3 is 2.46 bits per heavy atom. The SMILES string of the molecule is C=C1C=C(CO)C(CC)OC(=O)C(C)C(=O)C(O)(CO)CC(OC)=CC(C)C1. The number of ketones is 1. The van der Waals surface area contributed by atoms with Gasteiger partial charge < -0.3 is 24.8 Å². The molecule has 1 rings (SSSR count). The normalized spacial score (nSPS) is 30.8. The summed E-state index contributed by atoms with van der Waals surface area (Å²) < 4.78 is 10.7. The molecule has 4 atom stereocenters. The van der Waals surface area contributed by atoms with Crippen molar-refractivity contribution in [2.75, 3.05) is 20.3 Å². The predicted molar refractivity (Wildman–Crippen MR) is 104 cm³/mol. The van der Waals surface area contributed by atoms with Crippen LogP contribution in [-0.4, -0.2) is 59.1 Å². The number of Topliss-reactive ketones (excluding diaryl/α,β-unsaturated/α-hetero) is 1. The van der Waals surface area contributed by atoms with Crippen molar-refractivity contribution in [3.8, 4) is 0 Å². The number of carbonyl (C=O) groups is 2. The van der Waals surface area contributed by atoms with Gasteiger partial charge in [-0.25, -0.2) is 0 Å². The number of hydrogen-bond acceptors (Lipinski definition) is 7. The molecule has 1 aliphatic heterocycles. The second kappa shape index (κ2) is 10.5. The van der Waals surface area contributed by atoms with E-state index in [1.165, 1.54) is 14.0 Å². The number of allylic oxidation sites excluding steroid dienone is 3. The first-order valence-corrected chi connectivity index (χ1v) is 9.43. The number of cyclic esters (lactones) is 1. The third-order valence-corrected chi connectivity index (χ3v) is 4.87. The van der Waals surface area contributed by atoms with Crippen molar-refractivity contribution in [2.45, 2.75) is 51.7 Å². The first-order valence-electron chi connectivity index (χ1n) is 9.43. The molecule has 7 nitrogen and oxygen atoms in total. The van der Waals surface area contributed by atoms with Crippen LogP contribution in [0.25, 0.3) is 0 Å². The lowest BCUT2D eigenvalue weighted by molar-refractivity contribution is -0.162. The summed E-state index contributed by atoms with van der Waals surface area (Å²) in [7, 11) is 1.41. The molecule has 0 aromatic heterocycles. The standard InChI is InChI=1S/C21H32O7/c1-6-18-16(11-22)8-13(2)7-14(3)9-17(27-5)10-21(26,12-23)19(24)15(4)20(25)28-18/h8-9,14-15,18,22-23,26H,2,6-7,10-12H2,1,3-5H3. The van der Waals surface area contributed by atoms with E-state index in [4.69, 9.17) is 9.47 Å². The average molecular weight is 396 g/mol. The van der Waals surface area contributed by atoms with Crippen LogP contribution in [0.4, 0.5) is 0 Å². The van der Waals surface area contributed by atoms with Gasteiger partial charge in [-0.3, -0.25) is 9.59 Å². The zero-order chi connectivity index (χ0) is 21.5. The first-order chi connectivity index (χ1) is 13.1. The Labute approximate surface area is 166 Å². The van der Waals surface area contributed by atoms with Gasteiger partial charge in [0.25, 0.3) is 0 Å². The maximum Gasteiger partial charge on any atom is 0.316 e. The van der Waals surface area contributed by atoms with Crippen LogP contribution >= 0.6 is 0 Å². The fourth-order valence-electron chi connectivity index (χ4n) is 3.23. The first kappa shape index (κ1) is 24.1. The lowest BCUT2D eigenvalue weighted by atomic mass is 9.86. The smallest absolute Gasteiger partial charge is 0.316 e. The molecule has 0 aromatic rings. The maximum atomic E-state index is 12.7. The van der Waals surface area contributed by atoms with Crippen LogP contribution in [0.2, 0.25) is 0 Å². The summed E-state index contributed by atoms with van der Waals surface area (Å²) in [6.07, 6.45) is 3.41. The zero-order valence-electron chi connectivity index (χ0n) is 17.1. The van der Waals surface area contributed by atoms with Gasteiger partial charge in [-0.15, -0.1) is 0 Å². The lowest BCUT2D eigenvalue weighted by Crippen LogP contribution is -2.48. The molecule has 0 amide bonds. The molecule has 7 heteroatoms. The van der Waals surface area contributed by atoms with Gasteiger partial charge in [0, 0.05) is 6.42 Å². The van der Waals surface area contributed by atoms with Gasteiger partial charge in [0.05, 0.1) is 26.1 Å². The number of methoxy groups -OCH3 is 1. The molecule has 3 N–H and O–H groups in total. The quantitative estimate of drug-likeness (QED) is 0.489. The molecule has 0 radical (unpaired) electrons. The summed E-state index contributed by atoms with van der Waals surface area (Å²) in [6.45, 7) is 7.86. The minimum Gasteiger partial charge on any atom is -0.501 e. The monoisotopic (exact) mass is 396 g/mol. The summed E-state index contributed by atoms with van der Waals surface area (Å²) in [5.74, 6) is -2.70. The molecule has 0 spiro atoms. The zero-order valence-corrected chi connectivity index (χ0v) is 17.1. The van der Waals surface area contributed by atoms with Crippen LogP contribution in [0, 0.1) is 11.8 Å². The third-order valence-electron chi connectivity index (χ3n) is 4.87. The molecule has 28 heavy (non-hydrogen) atoms. The van der Waals surface area contributed by atoms with E-state index < -0.39 is 36.0 Å². The molecular formula is C21H32O7. The van der Waals surface area contributed by atoms with E-state index in [9.17, 15) is 24.9 Å². The van der Waals surface area contributed by atoms with Gasteiger partial charge in [-0.05, 0) is 37.3 Å². The minimum atomic E-state index is -2.17. The topological polar surface area (TPSA) is 113 Å². The highest BCUT2D eigenvalue weighted by molar-refractivity contribution is 6.03. The van der Waals surface area contributed by atoms with Gasteiger partial charge >= 0.3 is 5.97 Å². The number of aliphatic hydroxyl groups excluding tert-OH is 2.